The molecule has 1 amide bonds. The first-order valence-electron chi connectivity index (χ1n) is 5.91. The number of nitrogen functional groups attached to an aromatic ring is 1. The number of carbonyl (C=O) groups is 1. The molecule has 1 saturated carbocycles. The number of halogens is 1. The molecule has 0 saturated heterocycles. The van der Waals surface area contributed by atoms with E-state index in [0.717, 1.165) is 12.8 Å². The third-order valence-electron chi connectivity index (χ3n) is 2.91. The summed E-state index contributed by atoms with van der Waals surface area (Å²) in [6.45, 7) is 0. The van der Waals surface area contributed by atoms with Crippen LogP contribution in [0.4, 0.5) is 11.5 Å². The Bertz CT molecular complexity index is 635. The van der Waals surface area contributed by atoms with Crippen molar-refractivity contribution in [3.63, 3.8) is 0 Å². The average molecular weight is 278 g/mol. The molecule has 98 valence electrons. The summed E-state index contributed by atoms with van der Waals surface area (Å²) in [6.07, 6.45) is 5.43. The molecule has 0 unspecified atom stereocenters. The molecule has 0 aromatic carbocycles. The number of carbonyl (C=O) groups excluding carboxylic acids is 1. The molecule has 0 atom stereocenters. The van der Waals surface area contributed by atoms with Gasteiger partial charge < -0.3 is 15.6 Å². The van der Waals surface area contributed by atoms with Gasteiger partial charge in [-0.15, -0.1) is 0 Å². The molecular formula is C12H12ClN5O. The van der Waals surface area contributed by atoms with E-state index in [1.165, 1.54) is 6.20 Å². The summed E-state index contributed by atoms with van der Waals surface area (Å²) in [5, 5.41) is 2.78. The summed E-state index contributed by atoms with van der Waals surface area (Å²) in [5.41, 5.74) is 6.87. The van der Waals surface area contributed by atoms with Gasteiger partial charge in [0.15, 0.2) is 0 Å². The number of anilines is 2. The van der Waals surface area contributed by atoms with Crippen LogP contribution in [0.1, 0.15) is 29.4 Å². The van der Waals surface area contributed by atoms with Gasteiger partial charge in [0, 0.05) is 18.4 Å². The second-order valence-corrected chi connectivity index (χ2v) is 4.80. The lowest BCUT2D eigenvalue weighted by molar-refractivity contribution is 0.101. The van der Waals surface area contributed by atoms with Crippen LogP contribution in [-0.4, -0.2) is 20.4 Å². The van der Waals surface area contributed by atoms with Crippen molar-refractivity contribution >= 4 is 29.0 Å². The number of hydrogen-bond acceptors (Lipinski definition) is 4. The Morgan fingerprint density at radius 1 is 1.53 bits per heavy atom. The van der Waals surface area contributed by atoms with Crippen molar-refractivity contribution in [1.82, 2.24) is 14.5 Å². The van der Waals surface area contributed by atoms with Gasteiger partial charge in [-0.2, -0.15) is 0 Å². The lowest BCUT2D eigenvalue weighted by Gasteiger charge is -2.07. The van der Waals surface area contributed by atoms with Crippen LogP contribution in [0.25, 0.3) is 0 Å². The largest absolute Gasteiger partial charge is 0.397 e. The minimum Gasteiger partial charge on any atom is -0.397 e. The van der Waals surface area contributed by atoms with Gasteiger partial charge in [-0.1, -0.05) is 0 Å². The fraction of sp³-hybridized carbons (Fsp3) is 0.250. The van der Waals surface area contributed by atoms with Crippen molar-refractivity contribution in [1.29, 1.82) is 0 Å². The molecule has 6 nitrogen and oxygen atoms in total. The van der Waals surface area contributed by atoms with E-state index in [0.29, 0.717) is 23.2 Å². The summed E-state index contributed by atoms with van der Waals surface area (Å²) in [7, 11) is 0. The number of rotatable bonds is 3. The quantitative estimate of drug-likeness (QED) is 0.841. The van der Waals surface area contributed by atoms with Crippen LogP contribution < -0.4 is 11.1 Å². The molecule has 3 N–H and O–H groups in total. The first-order valence-corrected chi connectivity index (χ1v) is 6.28. The van der Waals surface area contributed by atoms with E-state index in [1.54, 1.807) is 18.3 Å². The number of nitrogens with two attached hydrogens (primary N) is 1. The number of amides is 1. The van der Waals surface area contributed by atoms with Crippen LogP contribution in [0.2, 0.25) is 5.28 Å². The van der Waals surface area contributed by atoms with E-state index in [4.69, 9.17) is 17.3 Å². The van der Waals surface area contributed by atoms with E-state index < -0.39 is 0 Å². The average Bonchev–Trinajstić information content (AvgIpc) is 3.12. The Labute approximate surface area is 114 Å². The van der Waals surface area contributed by atoms with E-state index in [-0.39, 0.29) is 11.2 Å². The second-order valence-electron chi connectivity index (χ2n) is 4.46. The van der Waals surface area contributed by atoms with Crippen LogP contribution in [0.15, 0.2) is 24.5 Å². The molecular weight excluding hydrogens is 266 g/mol. The van der Waals surface area contributed by atoms with Crippen LogP contribution in [0, 0.1) is 0 Å². The highest BCUT2D eigenvalue weighted by atomic mass is 35.5. The minimum atomic E-state index is -0.252. The van der Waals surface area contributed by atoms with Gasteiger partial charge in [-0.05, 0) is 36.6 Å². The van der Waals surface area contributed by atoms with Crippen LogP contribution in [0.5, 0.6) is 0 Å². The number of nitrogens with zero attached hydrogens (tertiary/aromatic N) is 3. The first-order chi connectivity index (χ1) is 9.13. The summed E-state index contributed by atoms with van der Waals surface area (Å²) in [5.74, 6) is 0.116. The van der Waals surface area contributed by atoms with Crippen molar-refractivity contribution in [2.75, 3.05) is 11.1 Å². The Morgan fingerprint density at radius 3 is 3.00 bits per heavy atom. The summed E-state index contributed by atoms with van der Waals surface area (Å²) in [4.78, 5) is 19.9. The summed E-state index contributed by atoms with van der Waals surface area (Å²) in [6, 6.07) is 3.63. The topological polar surface area (TPSA) is 85.8 Å². The molecule has 0 bridgehead atoms. The highest BCUT2D eigenvalue weighted by molar-refractivity contribution is 6.28. The fourth-order valence-electron chi connectivity index (χ4n) is 1.92. The number of aromatic nitrogens is 3. The van der Waals surface area contributed by atoms with Crippen molar-refractivity contribution < 1.29 is 4.79 Å². The van der Waals surface area contributed by atoms with Gasteiger partial charge in [0.2, 0.25) is 5.28 Å². The van der Waals surface area contributed by atoms with Crippen LogP contribution >= 0.6 is 11.6 Å². The molecule has 1 aliphatic rings. The highest BCUT2D eigenvalue weighted by Crippen LogP contribution is 2.37. The SMILES string of the molecule is Nc1cc(C(=O)Nc2ccnc(Cl)n2)n(C2CC2)c1. The molecule has 19 heavy (non-hydrogen) atoms. The van der Waals surface area contributed by atoms with Gasteiger partial charge in [0.25, 0.3) is 5.91 Å². The zero-order chi connectivity index (χ0) is 13.4. The maximum atomic E-state index is 12.2. The summed E-state index contributed by atoms with van der Waals surface area (Å²) < 4.78 is 1.91. The second kappa shape index (κ2) is 4.55. The van der Waals surface area contributed by atoms with E-state index in [1.807, 2.05) is 4.57 Å². The standard InChI is InChI=1S/C12H12ClN5O/c13-12-15-4-3-10(17-12)16-11(19)9-5-7(14)6-18(9)8-1-2-8/h3-6,8H,1-2,14H2,(H,15,16,17,19). The maximum absolute atomic E-state index is 12.2. The normalized spacial score (nSPS) is 14.4. The van der Waals surface area contributed by atoms with Crippen LogP contribution in [0.3, 0.4) is 0 Å². The molecule has 1 fully saturated rings. The summed E-state index contributed by atoms with van der Waals surface area (Å²) >= 11 is 5.67. The van der Waals surface area contributed by atoms with Gasteiger partial charge >= 0.3 is 0 Å². The van der Waals surface area contributed by atoms with Crippen LogP contribution in [-0.2, 0) is 0 Å². The molecule has 7 heteroatoms. The number of hydrogen-bond donors (Lipinski definition) is 2. The predicted octanol–water partition coefficient (Wildman–Crippen LogP) is 2.10. The van der Waals surface area contributed by atoms with Gasteiger partial charge in [-0.3, -0.25) is 4.79 Å². The molecule has 3 rings (SSSR count). The highest BCUT2D eigenvalue weighted by Gasteiger charge is 2.27. The molecule has 2 heterocycles. The minimum absolute atomic E-state index is 0.0925. The Hall–Kier alpha value is -2.08. The maximum Gasteiger partial charge on any atom is 0.273 e. The van der Waals surface area contributed by atoms with Crippen molar-refractivity contribution in [2.45, 2.75) is 18.9 Å². The molecule has 0 spiro atoms. The van der Waals surface area contributed by atoms with E-state index in [2.05, 4.69) is 15.3 Å². The lowest BCUT2D eigenvalue weighted by atomic mass is 10.3. The molecule has 1 aliphatic carbocycles. The van der Waals surface area contributed by atoms with E-state index >= 15 is 0 Å². The predicted molar refractivity (Wildman–Crippen MR) is 72.1 cm³/mol. The van der Waals surface area contributed by atoms with E-state index in [9.17, 15) is 4.79 Å². The first kappa shape index (κ1) is 12.0. The number of nitrogens with one attached hydrogen (secondary N) is 1. The Morgan fingerprint density at radius 2 is 2.32 bits per heavy atom. The third-order valence-corrected chi connectivity index (χ3v) is 3.09. The molecule has 0 radical (unpaired) electrons. The van der Waals surface area contributed by atoms with Crippen molar-refractivity contribution in [3.8, 4) is 0 Å². The zero-order valence-electron chi connectivity index (χ0n) is 10.0. The third kappa shape index (κ3) is 2.53. The molecule has 0 aliphatic heterocycles. The van der Waals surface area contributed by atoms with Crippen molar-refractivity contribution in [2.24, 2.45) is 0 Å². The molecule has 2 aromatic heterocycles. The zero-order valence-corrected chi connectivity index (χ0v) is 10.8. The Balaban J connectivity index is 1.84. The van der Waals surface area contributed by atoms with Gasteiger partial charge in [-0.25, -0.2) is 9.97 Å². The van der Waals surface area contributed by atoms with Gasteiger partial charge in [0.1, 0.15) is 11.5 Å². The molecule has 2 aromatic rings. The lowest BCUT2D eigenvalue weighted by Crippen LogP contribution is -2.17. The Kier molecular flexibility index (Phi) is 2.87. The fourth-order valence-corrected chi connectivity index (χ4v) is 2.07. The van der Waals surface area contributed by atoms with Crippen molar-refractivity contribution in [3.05, 3.63) is 35.5 Å². The monoisotopic (exact) mass is 277 g/mol. The smallest absolute Gasteiger partial charge is 0.273 e. The van der Waals surface area contributed by atoms with Gasteiger partial charge in [0.05, 0.1) is 5.69 Å².